The highest BCUT2D eigenvalue weighted by molar-refractivity contribution is 5.72. The number of hydrogen-bond acceptors (Lipinski definition) is 6. The molecule has 0 aliphatic rings. The number of esters is 3. The first kappa shape index (κ1) is 71.0. The zero-order valence-corrected chi connectivity index (χ0v) is 48.4. The van der Waals surface area contributed by atoms with Gasteiger partial charge in [-0.1, -0.05) is 240 Å². The number of allylic oxidation sites excluding steroid dienone is 33. The van der Waals surface area contributed by atoms with E-state index in [1.165, 1.54) is 0 Å². The highest BCUT2D eigenvalue weighted by atomic mass is 16.6. The molecular weight excluding hydrogens is 949 g/mol. The summed E-state index contributed by atoms with van der Waals surface area (Å²) in [4.78, 5) is 38.1. The first-order valence-corrected chi connectivity index (χ1v) is 29.6. The van der Waals surface area contributed by atoms with Gasteiger partial charge in [-0.3, -0.25) is 14.4 Å². The van der Waals surface area contributed by atoms with Gasteiger partial charge in [-0.15, -0.1) is 0 Å². The molecule has 0 radical (unpaired) electrons. The van der Waals surface area contributed by atoms with Crippen LogP contribution < -0.4 is 0 Å². The molecule has 6 nitrogen and oxygen atoms in total. The van der Waals surface area contributed by atoms with E-state index in [1.807, 2.05) is 6.08 Å². The Hall–Kier alpha value is -6.01. The fourth-order valence-corrected chi connectivity index (χ4v) is 6.99. The second kappa shape index (κ2) is 62.5. The largest absolute Gasteiger partial charge is 0.462 e. The summed E-state index contributed by atoms with van der Waals surface area (Å²) in [5, 5.41) is 0. The van der Waals surface area contributed by atoms with Gasteiger partial charge in [0.05, 0.1) is 6.42 Å². The third-order valence-electron chi connectivity index (χ3n) is 11.3. The summed E-state index contributed by atoms with van der Waals surface area (Å²) in [6.07, 6.45) is 97.1. The van der Waals surface area contributed by atoms with Crippen molar-refractivity contribution in [3.63, 3.8) is 0 Å². The molecule has 0 aliphatic heterocycles. The quantitative estimate of drug-likeness (QED) is 0.0261. The summed E-state index contributed by atoms with van der Waals surface area (Å²) in [6.45, 7) is 6.12. The molecule has 424 valence electrons. The molecule has 1 atom stereocenters. The average molecular weight is 1050 g/mol. The lowest BCUT2D eigenvalue weighted by Gasteiger charge is -2.18. The minimum Gasteiger partial charge on any atom is -0.462 e. The first-order valence-electron chi connectivity index (χ1n) is 29.6. The lowest BCUT2D eigenvalue weighted by Crippen LogP contribution is -2.30. The van der Waals surface area contributed by atoms with Crippen molar-refractivity contribution in [2.45, 2.75) is 207 Å². The third-order valence-corrected chi connectivity index (χ3v) is 11.3. The van der Waals surface area contributed by atoms with Crippen LogP contribution in [0.3, 0.4) is 0 Å². The fraction of sp³-hybridized carbons (Fsp3) is 0.479. The molecule has 6 heteroatoms. The minimum atomic E-state index is -0.874. The molecule has 0 aromatic rings. The molecular formula is C71H104O6. The molecule has 0 rings (SSSR count). The van der Waals surface area contributed by atoms with E-state index in [2.05, 4.69) is 215 Å². The lowest BCUT2D eigenvalue weighted by molar-refractivity contribution is -0.166. The average Bonchev–Trinajstić information content (AvgIpc) is 3.43. The van der Waals surface area contributed by atoms with E-state index < -0.39 is 12.1 Å². The van der Waals surface area contributed by atoms with Gasteiger partial charge >= 0.3 is 17.9 Å². The highest BCUT2D eigenvalue weighted by Crippen LogP contribution is 2.10. The van der Waals surface area contributed by atoms with Gasteiger partial charge in [0, 0.05) is 12.8 Å². The molecule has 0 aromatic heterocycles. The van der Waals surface area contributed by atoms with Crippen molar-refractivity contribution < 1.29 is 28.6 Å². The van der Waals surface area contributed by atoms with Crippen molar-refractivity contribution in [1.82, 2.24) is 0 Å². The molecule has 0 fully saturated rings. The molecule has 0 heterocycles. The number of carbonyl (C=O) groups excluding carboxylic acids is 3. The zero-order valence-electron chi connectivity index (χ0n) is 48.4. The molecule has 0 saturated carbocycles. The van der Waals surface area contributed by atoms with Crippen LogP contribution in [0.1, 0.15) is 201 Å². The van der Waals surface area contributed by atoms with Crippen LogP contribution in [0, 0.1) is 0 Å². The molecule has 1 unspecified atom stereocenters. The molecule has 77 heavy (non-hydrogen) atoms. The first-order chi connectivity index (χ1) is 38.0. The van der Waals surface area contributed by atoms with Crippen LogP contribution >= 0.6 is 0 Å². The van der Waals surface area contributed by atoms with Crippen molar-refractivity contribution in [1.29, 1.82) is 0 Å². The Balaban J connectivity index is 4.55. The molecule has 0 aromatic carbocycles. The standard InChI is InChI=1S/C71H104O6/c1-4-7-10-13-16-19-22-25-28-29-30-31-32-33-34-35-36-37-38-39-40-41-44-46-49-52-55-58-61-64-70(73)76-67-68(77-71(74)65-62-59-56-53-50-47-43-27-24-21-18-15-12-9-6-3)66-75-69(72)63-60-57-54-51-48-45-42-26-23-20-17-14-11-8-5-2/h7-12,16-21,25-28,30-31,33-34,36-37,39-40,42-44,46,48,50-51,53,59,62,68H,4-6,13-15,22-24,29,32,35,38,41,45,47,49,52,54-58,60-61,63-67H2,1-3H3/b10-7-,11-8-,12-9-,19-16-,20-17-,21-18-,28-25-,31-30-,34-33-,37-36-,40-39-,42-26-,43-27-,46-44-,51-48-,53-50-,62-59-. The normalized spacial score (nSPS) is 13.6. The van der Waals surface area contributed by atoms with Gasteiger partial charge < -0.3 is 14.2 Å². The van der Waals surface area contributed by atoms with Gasteiger partial charge in [0.25, 0.3) is 0 Å². The van der Waals surface area contributed by atoms with Crippen molar-refractivity contribution in [2.24, 2.45) is 0 Å². The van der Waals surface area contributed by atoms with Gasteiger partial charge in [-0.05, 0) is 148 Å². The SMILES string of the molecule is CC/C=C\C/C=C\C/C=C\C/C=C\C/C=C\C/C=C\C/C=C\C/C=C\CCCCCCC(=O)OCC(COC(=O)CCCC/C=C\C/C=C\C/C=C\C/C=C\CC)OC(=O)C/C=C\C/C=C\C/C=C\C/C=C\C/C=C\CC. The predicted molar refractivity (Wildman–Crippen MR) is 333 cm³/mol. The van der Waals surface area contributed by atoms with Crippen LogP contribution in [0.15, 0.2) is 207 Å². The number of hydrogen-bond donors (Lipinski definition) is 0. The van der Waals surface area contributed by atoms with Crippen LogP contribution in [-0.2, 0) is 28.6 Å². The topological polar surface area (TPSA) is 78.9 Å². The van der Waals surface area contributed by atoms with Crippen LogP contribution in [0.2, 0.25) is 0 Å². The molecule has 0 N–H and O–H groups in total. The van der Waals surface area contributed by atoms with Gasteiger partial charge in [-0.2, -0.15) is 0 Å². The van der Waals surface area contributed by atoms with Crippen LogP contribution in [-0.4, -0.2) is 37.2 Å². The summed E-state index contributed by atoms with van der Waals surface area (Å²) in [7, 11) is 0. The highest BCUT2D eigenvalue weighted by Gasteiger charge is 2.19. The van der Waals surface area contributed by atoms with Gasteiger partial charge in [-0.25, -0.2) is 0 Å². The minimum absolute atomic E-state index is 0.0696. The number of ether oxygens (including phenoxy) is 3. The van der Waals surface area contributed by atoms with Crippen molar-refractivity contribution in [3.05, 3.63) is 207 Å². The summed E-state index contributed by atoms with van der Waals surface area (Å²) in [6, 6.07) is 0. The Labute approximate surface area is 470 Å². The van der Waals surface area contributed by atoms with E-state index in [4.69, 9.17) is 14.2 Å². The zero-order chi connectivity index (χ0) is 55.7. The number of carbonyl (C=O) groups is 3. The molecule has 0 spiro atoms. The van der Waals surface area contributed by atoms with Crippen LogP contribution in [0.5, 0.6) is 0 Å². The Morgan fingerprint density at radius 3 is 0.805 bits per heavy atom. The van der Waals surface area contributed by atoms with Crippen LogP contribution in [0.25, 0.3) is 0 Å². The maximum atomic E-state index is 12.8. The Morgan fingerprint density at radius 2 is 0.506 bits per heavy atom. The molecule has 0 aliphatic carbocycles. The third kappa shape index (κ3) is 60.7. The van der Waals surface area contributed by atoms with E-state index in [9.17, 15) is 14.4 Å². The monoisotopic (exact) mass is 1050 g/mol. The summed E-state index contributed by atoms with van der Waals surface area (Å²) in [5.74, 6) is -1.17. The maximum Gasteiger partial charge on any atom is 0.310 e. The second-order valence-electron chi connectivity index (χ2n) is 18.4. The molecule has 0 saturated heterocycles. The fourth-order valence-electron chi connectivity index (χ4n) is 6.99. The van der Waals surface area contributed by atoms with E-state index in [0.29, 0.717) is 12.8 Å². The molecule has 0 amide bonds. The second-order valence-corrected chi connectivity index (χ2v) is 18.4. The lowest BCUT2D eigenvalue weighted by atomic mass is 10.1. The Bertz CT molecular complexity index is 1930. The number of unbranched alkanes of at least 4 members (excludes halogenated alkanes) is 6. The van der Waals surface area contributed by atoms with Gasteiger partial charge in [0.15, 0.2) is 6.10 Å². The van der Waals surface area contributed by atoms with Crippen molar-refractivity contribution in [3.8, 4) is 0 Å². The van der Waals surface area contributed by atoms with Crippen molar-refractivity contribution >= 4 is 17.9 Å². The van der Waals surface area contributed by atoms with E-state index >= 15 is 0 Å². The van der Waals surface area contributed by atoms with Crippen LogP contribution in [0.4, 0.5) is 0 Å². The van der Waals surface area contributed by atoms with Gasteiger partial charge in [0.2, 0.25) is 0 Å². The Kier molecular flexibility index (Phi) is 57.6. The van der Waals surface area contributed by atoms with Gasteiger partial charge in [0.1, 0.15) is 13.2 Å². The number of rotatable bonds is 50. The maximum absolute atomic E-state index is 12.8. The van der Waals surface area contributed by atoms with E-state index in [0.717, 1.165) is 148 Å². The summed E-state index contributed by atoms with van der Waals surface area (Å²) in [5.41, 5.74) is 0. The smallest absolute Gasteiger partial charge is 0.310 e. The summed E-state index contributed by atoms with van der Waals surface area (Å²) < 4.78 is 16.7. The molecule has 0 bridgehead atoms. The van der Waals surface area contributed by atoms with Crippen molar-refractivity contribution in [2.75, 3.05) is 13.2 Å². The van der Waals surface area contributed by atoms with E-state index in [-0.39, 0.29) is 44.4 Å². The summed E-state index contributed by atoms with van der Waals surface area (Å²) >= 11 is 0. The van der Waals surface area contributed by atoms with E-state index in [1.54, 1.807) is 6.08 Å². The predicted octanol–water partition coefficient (Wildman–Crippen LogP) is 20.4. The Morgan fingerprint density at radius 1 is 0.273 bits per heavy atom.